The first kappa shape index (κ1) is 10.7. The standard InChI is InChI=1S/C9H18N2OS/c1-12-6-2-5-10-9(13)11-7-8-3-4-8/h8H,2-7H2,1H3,(H2,10,11,13). The van der Waals surface area contributed by atoms with Crippen LogP contribution in [0.5, 0.6) is 0 Å². The molecular formula is C9H18N2OS. The second kappa shape index (κ2) is 6.16. The molecule has 0 spiro atoms. The minimum absolute atomic E-state index is 0.781. The molecule has 2 N–H and O–H groups in total. The topological polar surface area (TPSA) is 33.3 Å². The first-order valence-corrected chi connectivity index (χ1v) is 5.24. The molecule has 0 atom stereocenters. The number of thiocarbonyl (C=S) groups is 1. The smallest absolute Gasteiger partial charge is 0.166 e. The molecule has 4 heteroatoms. The zero-order valence-electron chi connectivity index (χ0n) is 8.14. The molecule has 0 unspecified atom stereocenters. The fourth-order valence-electron chi connectivity index (χ4n) is 1.04. The highest BCUT2D eigenvalue weighted by Gasteiger charge is 2.20. The minimum atomic E-state index is 0.781. The zero-order valence-corrected chi connectivity index (χ0v) is 8.95. The molecule has 13 heavy (non-hydrogen) atoms. The third-order valence-electron chi connectivity index (χ3n) is 2.06. The van der Waals surface area contributed by atoms with Crippen LogP contribution in [0, 0.1) is 5.92 Å². The van der Waals surface area contributed by atoms with Crippen molar-refractivity contribution < 1.29 is 4.74 Å². The molecule has 0 aromatic carbocycles. The highest BCUT2D eigenvalue weighted by molar-refractivity contribution is 7.80. The molecule has 0 saturated heterocycles. The van der Waals surface area contributed by atoms with Crippen LogP contribution in [0.1, 0.15) is 19.3 Å². The summed E-state index contributed by atoms with van der Waals surface area (Å²) in [6.07, 6.45) is 3.72. The number of hydrogen-bond donors (Lipinski definition) is 2. The fourth-order valence-corrected chi connectivity index (χ4v) is 1.23. The summed E-state index contributed by atoms with van der Waals surface area (Å²) in [4.78, 5) is 0. The molecule has 0 aromatic rings. The lowest BCUT2D eigenvalue weighted by atomic mass is 10.4. The number of nitrogens with one attached hydrogen (secondary N) is 2. The Morgan fingerprint density at radius 1 is 1.46 bits per heavy atom. The van der Waals surface area contributed by atoms with Gasteiger partial charge in [0.25, 0.3) is 0 Å². The highest BCUT2D eigenvalue weighted by atomic mass is 32.1. The van der Waals surface area contributed by atoms with E-state index in [2.05, 4.69) is 10.6 Å². The zero-order chi connectivity index (χ0) is 9.52. The summed E-state index contributed by atoms with van der Waals surface area (Å²) in [7, 11) is 1.71. The molecule has 0 heterocycles. The molecule has 1 saturated carbocycles. The van der Waals surface area contributed by atoms with Crippen molar-refractivity contribution in [1.29, 1.82) is 0 Å². The normalized spacial score (nSPS) is 15.5. The number of rotatable bonds is 6. The van der Waals surface area contributed by atoms with Gasteiger partial charge in [-0.15, -0.1) is 0 Å². The molecule has 1 rings (SSSR count). The quantitative estimate of drug-likeness (QED) is 0.495. The van der Waals surface area contributed by atoms with Crippen LogP contribution in [0.2, 0.25) is 0 Å². The van der Waals surface area contributed by atoms with E-state index in [4.69, 9.17) is 17.0 Å². The van der Waals surface area contributed by atoms with E-state index in [-0.39, 0.29) is 0 Å². The summed E-state index contributed by atoms with van der Waals surface area (Å²) in [5.41, 5.74) is 0. The van der Waals surface area contributed by atoms with Gasteiger partial charge >= 0.3 is 0 Å². The van der Waals surface area contributed by atoms with E-state index in [0.717, 1.165) is 37.1 Å². The van der Waals surface area contributed by atoms with E-state index < -0.39 is 0 Å². The van der Waals surface area contributed by atoms with Gasteiger partial charge in [0.2, 0.25) is 0 Å². The van der Waals surface area contributed by atoms with Gasteiger partial charge < -0.3 is 15.4 Å². The molecule has 1 aliphatic rings. The molecule has 0 aromatic heterocycles. The van der Waals surface area contributed by atoms with Gasteiger partial charge in [-0.3, -0.25) is 0 Å². The summed E-state index contributed by atoms with van der Waals surface area (Å²) in [5.74, 6) is 0.874. The van der Waals surface area contributed by atoms with E-state index in [9.17, 15) is 0 Å². The second-order valence-corrected chi connectivity index (χ2v) is 3.83. The number of methoxy groups -OCH3 is 1. The average molecular weight is 202 g/mol. The van der Waals surface area contributed by atoms with Crippen LogP contribution in [0.3, 0.4) is 0 Å². The molecule has 0 amide bonds. The van der Waals surface area contributed by atoms with Crippen LogP contribution in [0.25, 0.3) is 0 Å². The van der Waals surface area contributed by atoms with Gasteiger partial charge in [-0.1, -0.05) is 0 Å². The average Bonchev–Trinajstić information content (AvgIpc) is 2.92. The van der Waals surface area contributed by atoms with Crippen molar-refractivity contribution in [2.24, 2.45) is 5.92 Å². The van der Waals surface area contributed by atoms with Crippen molar-refractivity contribution >= 4 is 17.3 Å². The van der Waals surface area contributed by atoms with E-state index >= 15 is 0 Å². The van der Waals surface area contributed by atoms with Crippen molar-refractivity contribution in [2.75, 3.05) is 26.8 Å². The Bertz CT molecular complexity index is 160. The van der Waals surface area contributed by atoms with Gasteiger partial charge in [0, 0.05) is 26.8 Å². The van der Waals surface area contributed by atoms with Crippen molar-refractivity contribution in [2.45, 2.75) is 19.3 Å². The van der Waals surface area contributed by atoms with Crippen molar-refractivity contribution in [1.82, 2.24) is 10.6 Å². The van der Waals surface area contributed by atoms with E-state index in [1.807, 2.05) is 0 Å². The van der Waals surface area contributed by atoms with E-state index in [1.54, 1.807) is 7.11 Å². The monoisotopic (exact) mass is 202 g/mol. The van der Waals surface area contributed by atoms with Gasteiger partial charge in [-0.25, -0.2) is 0 Å². The maximum Gasteiger partial charge on any atom is 0.166 e. The lowest BCUT2D eigenvalue weighted by molar-refractivity contribution is 0.195. The first-order valence-electron chi connectivity index (χ1n) is 4.83. The summed E-state index contributed by atoms with van der Waals surface area (Å²) < 4.78 is 4.93. The molecule has 3 nitrogen and oxygen atoms in total. The predicted molar refractivity (Wildman–Crippen MR) is 57.8 cm³/mol. The third-order valence-corrected chi connectivity index (χ3v) is 2.35. The van der Waals surface area contributed by atoms with Gasteiger partial charge in [0.15, 0.2) is 5.11 Å². The summed E-state index contributed by atoms with van der Waals surface area (Å²) >= 11 is 5.09. The Kier molecular flexibility index (Phi) is 5.08. The van der Waals surface area contributed by atoms with Crippen molar-refractivity contribution in [3.63, 3.8) is 0 Å². The largest absolute Gasteiger partial charge is 0.385 e. The first-order chi connectivity index (χ1) is 6.33. The Morgan fingerprint density at radius 3 is 2.85 bits per heavy atom. The molecular weight excluding hydrogens is 184 g/mol. The van der Waals surface area contributed by atoms with Crippen LogP contribution < -0.4 is 10.6 Å². The highest BCUT2D eigenvalue weighted by Crippen LogP contribution is 2.27. The van der Waals surface area contributed by atoms with E-state index in [1.165, 1.54) is 12.8 Å². The maximum atomic E-state index is 5.09. The maximum absolute atomic E-state index is 5.09. The van der Waals surface area contributed by atoms with Crippen molar-refractivity contribution in [3.8, 4) is 0 Å². The summed E-state index contributed by atoms with van der Waals surface area (Å²) in [6, 6.07) is 0. The lowest BCUT2D eigenvalue weighted by Gasteiger charge is -2.09. The number of ether oxygens (including phenoxy) is 1. The molecule has 1 aliphatic carbocycles. The van der Waals surface area contributed by atoms with Gasteiger partial charge in [0.05, 0.1) is 0 Å². The van der Waals surface area contributed by atoms with Crippen LogP contribution in [-0.4, -0.2) is 31.9 Å². The Hall–Kier alpha value is -0.350. The summed E-state index contributed by atoms with van der Waals surface area (Å²) in [6.45, 7) is 2.72. The predicted octanol–water partition coefficient (Wildman–Crippen LogP) is 0.897. The van der Waals surface area contributed by atoms with Crippen molar-refractivity contribution in [3.05, 3.63) is 0 Å². The van der Waals surface area contributed by atoms with Gasteiger partial charge in [-0.05, 0) is 37.4 Å². The molecule has 76 valence electrons. The van der Waals surface area contributed by atoms with E-state index in [0.29, 0.717) is 0 Å². The van der Waals surface area contributed by atoms with Crippen LogP contribution in [0.4, 0.5) is 0 Å². The number of hydrogen-bond acceptors (Lipinski definition) is 2. The Balaban J connectivity index is 1.84. The lowest BCUT2D eigenvalue weighted by Crippen LogP contribution is -2.37. The molecule has 0 bridgehead atoms. The minimum Gasteiger partial charge on any atom is -0.385 e. The third kappa shape index (κ3) is 5.82. The Labute approximate surface area is 85.2 Å². The molecule has 1 fully saturated rings. The molecule has 0 aliphatic heterocycles. The van der Waals surface area contributed by atoms with Crippen LogP contribution >= 0.6 is 12.2 Å². The molecule has 0 radical (unpaired) electrons. The van der Waals surface area contributed by atoms with Gasteiger partial charge in [-0.2, -0.15) is 0 Å². The van der Waals surface area contributed by atoms with Crippen LogP contribution in [0.15, 0.2) is 0 Å². The summed E-state index contributed by atoms with van der Waals surface area (Å²) in [5, 5.41) is 7.12. The second-order valence-electron chi connectivity index (χ2n) is 3.43. The van der Waals surface area contributed by atoms with Gasteiger partial charge in [0.1, 0.15) is 0 Å². The fraction of sp³-hybridized carbons (Fsp3) is 0.889. The SMILES string of the molecule is COCCCNC(=S)NCC1CC1. The van der Waals surface area contributed by atoms with Crippen LogP contribution in [-0.2, 0) is 4.74 Å². The Morgan fingerprint density at radius 2 is 2.23 bits per heavy atom.